The number of fused-ring (bicyclic) bond motifs is 12. The van der Waals surface area contributed by atoms with Crippen LogP contribution in [-0.2, 0) is 0 Å². The van der Waals surface area contributed by atoms with E-state index in [1.54, 1.807) is 0 Å². The van der Waals surface area contributed by atoms with Gasteiger partial charge in [-0.2, -0.15) is 0 Å². The summed E-state index contributed by atoms with van der Waals surface area (Å²) in [5, 5.41) is 14.5. The molecule has 0 atom stereocenters. The highest BCUT2D eigenvalue weighted by Gasteiger charge is 2.27. The molecule has 7 rings (SSSR count). The molecular weight excluding hydrogens is 366 g/mol. The van der Waals surface area contributed by atoms with E-state index in [9.17, 15) is 0 Å². The molecule has 0 aliphatic carbocycles. The summed E-state index contributed by atoms with van der Waals surface area (Å²) in [6, 6.07) is 33.8. The van der Waals surface area contributed by atoms with Gasteiger partial charge in [0.1, 0.15) is 11.4 Å². The van der Waals surface area contributed by atoms with Crippen LogP contribution in [0.4, 0.5) is 11.4 Å². The maximum Gasteiger partial charge on any atom is 0.161 e. The summed E-state index contributed by atoms with van der Waals surface area (Å²) in [5.41, 5.74) is 1.83. The summed E-state index contributed by atoms with van der Waals surface area (Å²) >= 11 is 0. The van der Waals surface area contributed by atoms with Gasteiger partial charge in [0.2, 0.25) is 0 Å². The van der Waals surface area contributed by atoms with E-state index in [2.05, 4.69) is 97.1 Å². The molecule has 0 N–H and O–H groups in total. The fraction of sp³-hybridized carbons (Fsp3) is 0. The minimum atomic E-state index is 0.845. The Morgan fingerprint density at radius 3 is 1.07 bits per heavy atom. The second-order valence-corrected chi connectivity index (χ2v) is 7.75. The normalized spacial score (nSPS) is 12.5. The van der Waals surface area contributed by atoms with Gasteiger partial charge in [0.25, 0.3) is 0 Å². The smallest absolute Gasteiger partial charge is 0.161 e. The molecule has 2 heteroatoms. The third kappa shape index (κ3) is 1.98. The van der Waals surface area contributed by atoms with Crippen molar-refractivity contribution in [3.05, 3.63) is 97.1 Å². The maximum atomic E-state index is 6.73. The number of nitrogens with zero attached hydrogens (tertiary/aromatic N) is 1. The molecule has 1 heterocycles. The van der Waals surface area contributed by atoms with Crippen LogP contribution in [0.2, 0.25) is 0 Å². The minimum absolute atomic E-state index is 0.845. The Morgan fingerprint density at radius 1 is 0.367 bits per heavy atom. The summed E-state index contributed by atoms with van der Waals surface area (Å²) in [6.07, 6.45) is 0. The van der Waals surface area contributed by atoms with Gasteiger partial charge in [-0.15, -0.1) is 0 Å². The fourth-order valence-corrected chi connectivity index (χ4v) is 4.82. The number of hydrogen-bond acceptors (Lipinski definition) is 1. The highest BCUT2D eigenvalue weighted by atomic mass is 16.5. The standard InChI is InChI=1S/C28H16NO/c1-5-13-21-17(9-1)19-11-3-7-15-23(19)27-25(21)29-26-22-14-6-2-10-18(22)20-12-4-8-16-24(20)28(26)30-27/h1-16H. The van der Waals surface area contributed by atoms with Crippen LogP contribution in [0.5, 0.6) is 11.5 Å². The summed E-state index contributed by atoms with van der Waals surface area (Å²) < 4.78 is 6.73. The average Bonchev–Trinajstić information content (AvgIpc) is 2.83. The van der Waals surface area contributed by atoms with Crippen molar-refractivity contribution in [2.75, 3.05) is 0 Å². The van der Waals surface area contributed by atoms with Crippen LogP contribution in [0, 0.1) is 0 Å². The summed E-state index contributed by atoms with van der Waals surface area (Å²) in [5.74, 6) is 1.69. The van der Waals surface area contributed by atoms with Crippen LogP contribution in [0.3, 0.4) is 0 Å². The monoisotopic (exact) mass is 382 g/mol. The van der Waals surface area contributed by atoms with Crippen molar-refractivity contribution in [1.82, 2.24) is 5.32 Å². The first-order valence-corrected chi connectivity index (χ1v) is 10.2. The van der Waals surface area contributed by atoms with Gasteiger partial charge < -0.3 is 4.74 Å². The quantitative estimate of drug-likeness (QED) is 0.244. The van der Waals surface area contributed by atoms with Gasteiger partial charge in [0.05, 0.1) is 0 Å². The molecule has 139 valence electrons. The molecule has 1 aliphatic rings. The zero-order chi connectivity index (χ0) is 19.7. The summed E-state index contributed by atoms with van der Waals surface area (Å²) in [7, 11) is 0. The molecule has 1 aliphatic heterocycles. The molecule has 0 fully saturated rings. The highest BCUT2D eigenvalue weighted by Crippen LogP contribution is 2.54. The van der Waals surface area contributed by atoms with Gasteiger partial charge in [-0.3, -0.25) is 0 Å². The van der Waals surface area contributed by atoms with E-state index < -0.39 is 0 Å². The fourth-order valence-electron chi connectivity index (χ4n) is 4.82. The molecule has 1 radical (unpaired) electrons. The second-order valence-electron chi connectivity index (χ2n) is 7.75. The largest absolute Gasteiger partial charge is 0.451 e. The molecule has 0 aromatic heterocycles. The molecule has 0 saturated heterocycles. The van der Waals surface area contributed by atoms with Gasteiger partial charge in [-0.25, -0.2) is 5.32 Å². The predicted octanol–water partition coefficient (Wildman–Crippen LogP) is 7.97. The molecular formula is C28H16NO. The Labute approximate surface area is 173 Å². The molecule has 0 amide bonds. The van der Waals surface area contributed by atoms with Crippen LogP contribution in [0.25, 0.3) is 43.1 Å². The lowest BCUT2D eigenvalue weighted by Crippen LogP contribution is -2.05. The SMILES string of the molecule is c1ccc2c(c1)c1c(c3ccccc32)Oc2c(c3ccccc3c3ccccc23)[N]1. The molecule has 0 spiro atoms. The highest BCUT2D eigenvalue weighted by molar-refractivity contribution is 6.21. The van der Waals surface area contributed by atoms with Gasteiger partial charge in [0, 0.05) is 21.5 Å². The second kappa shape index (κ2) is 5.74. The van der Waals surface area contributed by atoms with Crippen molar-refractivity contribution in [2.45, 2.75) is 0 Å². The van der Waals surface area contributed by atoms with Crippen LogP contribution < -0.4 is 10.1 Å². The van der Waals surface area contributed by atoms with Crippen molar-refractivity contribution >= 4 is 54.5 Å². The van der Waals surface area contributed by atoms with Crippen LogP contribution in [0.15, 0.2) is 97.1 Å². The Morgan fingerprint density at radius 2 is 0.667 bits per heavy atom. The van der Waals surface area contributed by atoms with E-state index in [0.717, 1.165) is 44.4 Å². The molecule has 6 aromatic carbocycles. The summed E-state index contributed by atoms with van der Waals surface area (Å²) in [6.45, 7) is 0. The lowest BCUT2D eigenvalue weighted by molar-refractivity contribution is 0.484. The van der Waals surface area contributed by atoms with Crippen molar-refractivity contribution in [1.29, 1.82) is 0 Å². The lowest BCUT2D eigenvalue weighted by atomic mass is 9.95. The zero-order valence-corrected chi connectivity index (χ0v) is 16.1. The number of hydrogen-bond donors (Lipinski definition) is 0. The van der Waals surface area contributed by atoms with Gasteiger partial charge in [-0.1, -0.05) is 97.1 Å². The third-order valence-corrected chi connectivity index (χ3v) is 6.15. The first kappa shape index (κ1) is 15.8. The van der Waals surface area contributed by atoms with Gasteiger partial charge in [-0.05, 0) is 21.5 Å². The topological polar surface area (TPSA) is 23.3 Å². The van der Waals surface area contributed by atoms with E-state index in [4.69, 9.17) is 10.1 Å². The van der Waals surface area contributed by atoms with Crippen molar-refractivity contribution in [2.24, 2.45) is 0 Å². The number of rotatable bonds is 0. The van der Waals surface area contributed by atoms with Crippen LogP contribution in [0.1, 0.15) is 0 Å². The van der Waals surface area contributed by atoms with E-state index in [1.165, 1.54) is 21.5 Å². The van der Waals surface area contributed by atoms with Gasteiger partial charge in [0.15, 0.2) is 11.5 Å². The van der Waals surface area contributed by atoms with Crippen molar-refractivity contribution in [3.8, 4) is 11.5 Å². The van der Waals surface area contributed by atoms with E-state index >= 15 is 0 Å². The lowest BCUT2D eigenvalue weighted by Gasteiger charge is -2.26. The molecule has 30 heavy (non-hydrogen) atoms. The Hall–Kier alpha value is -4.04. The maximum absolute atomic E-state index is 6.73. The zero-order valence-electron chi connectivity index (χ0n) is 16.1. The van der Waals surface area contributed by atoms with Crippen molar-refractivity contribution < 1.29 is 4.74 Å². The van der Waals surface area contributed by atoms with E-state index in [1.807, 2.05) is 0 Å². The first-order valence-electron chi connectivity index (χ1n) is 10.2. The summed E-state index contributed by atoms with van der Waals surface area (Å²) in [4.78, 5) is 0. The Kier molecular flexibility index (Phi) is 3.03. The Balaban J connectivity index is 1.66. The first-order chi connectivity index (χ1) is 14.9. The average molecular weight is 382 g/mol. The molecule has 0 saturated carbocycles. The van der Waals surface area contributed by atoms with Crippen molar-refractivity contribution in [3.63, 3.8) is 0 Å². The number of ether oxygens (including phenoxy) is 1. The molecule has 2 nitrogen and oxygen atoms in total. The minimum Gasteiger partial charge on any atom is -0.451 e. The van der Waals surface area contributed by atoms with Crippen LogP contribution in [-0.4, -0.2) is 0 Å². The molecule has 0 unspecified atom stereocenters. The predicted molar refractivity (Wildman–Crippen MR) is 124 cm³/mol. The Bertz CT molecular complexity index is 1400. The van der Waals surface area contributed by atoms with Crippen LogP contribution >= 0.6 is 0 Å². The number of benzene rings is 6. The molecule has 0 bridgehead atoms. The molecule has 6 aromatic rings. The third-order valence-electron chi connectivity index (χ3n) is 6.15. The van der Waals surface area contributed by atoms with Gasteiger partial charge >= 0.3 is 0 Å². The van der Waals surface area contributed by atoms with E-state index in [-0.39, 0.29) is 0 Å². The van der Waals surface area contributed by atoms with E-state index in [0.29, 0.717) is 0 Å².